The number of carbonyl (C=O) groups excluding carboxylic acids is 1. The average Bonchev–Trinajstić information content (AvgIpc) is 3.09. The number of hydrogen-bond donors (Lipinski definition) is 1. The molecule has 0 bridgehead atoms. The van der Waals surface area contributed by atoms with Crippen LogP contribution in [0, 0.1) is 19.8 Å². The number of amides is 1. The van der Waals surface area contributed by atoms with Gasteiger partial charge in [0.05, 0.1) is 4.90 Å². The lowest BCUT2D eigenvalue weighted by atomic mass is 10.1. The molecule has 4 nitrogen and oxygen atoms in total. The molecule has 1 aromatic rings. The topological polar surface area (TPSA) is 63.2 Å². The van der Waals surface area contributed by atoms with E-state index in [-0.39, 0.29) is 16.8 Å². The fourth-order valence-corrected chi connectivity index (χ4v) is 3.85. The number of rotatable bonds is 5. The van der Waals surface area contributed by atoms with E-state index in [9.17, 15) is 13.2 Å². The molecule has 6 heteroatoms. The first kappa shape index (κ1) is 16.3. The van der Waals surface area contributed by atoms with Crippen molar-refractivity contribution in [1.29, 1.82) is 0 Å². The molecular weight excluding hydrogens is 310 g/mol. The molecule has 1 aliphatic rings. The molecule has 21 heavy (non-hydrogen) atoms. The maximum Gasteiger partial charge on any atom is 0.261 e. The van der Waals surface area contributed by atoms with Crippen molar-refractivity contribution in [2.75, 3.05) is 0 Å². The van der Waals surface area contributed by atoms with E-state index in [1.165, 1.54) is 6.07 Å². The molecule has 1 aromatic carbocycles. The molecule has 2 rings (SSSR count). The summed E-state index contributed by atoms with van der Waals surface area (Å²) < 4.78 is 23.2. The minimum atomic E-state index is -3.85. The van der Waals surface area contributed by atoms with Crippen LogP contribution < -0.4 is 5.32 Å². The van der Waals surface area contributed by atoms with E-state index in [0.29, 0.717) is 17.0 Å². The fraction of sp³-hybridized carbons (Fsp3) is 0.533. The molecule has 116 valence electrons. The summed E-state index contributed by atoms with van der Waals surface area (Å²) in [7, 11) is 1.58. The number of carbonyl (C=O) groups is 1. The summed E-state index contributed by atoms with van der Waals surface area (Å²) in [5.41, 5.74) is 1.67. The van der Waals surface area contributed by atoms with Crippen LogP contribution >= 0.6 is 10.7 Å². The molecule has 0 saturated heterocycles. The average molecular weight is 330 g/mol. The van der Waals surface area contributed by atoms with Gasteiger partial charge in [-0.2, -0.15) is 0 Å². The summed E-state index contributed by atoms with van der Waals surface area (Å²) in [5.74, 6) is 0.324. The first-order valence-electron chi connectivity index (χ1n) is 7.10. The molecule has 1 aliphatic carbocycles. The molecule has 0 aromatic heterocycles. The van der Waals surface area contributed by atoms with Crippen LogP contribution in [0.15, 0.2) is 17.0 Å². The van der Waals surface area contributed by atoms with Crippen LogP contribution in [-0.4, -0.2) is 20.4 Å². The van der Waals surface area contributed by atoms with Gasteiger partial charge in [-0.05, 0) is 55.9 Å². The SMILES string of the molecule is CCCC1CC1NC(=O)c1cc(C)c(C)c(S(=O)(=O)Cl)c1. The highest BCUT2D eigenvalue weighted by Crippen LogP contribution is 2.35. The van der Waals surface area contributed by atoms with Gasteiger partial charge in [0.2, 0.25) is 0 Å². The van der Waals surface area contributed by atoms with Gasteiger partial charge in [-0.3, -0.25) is 4.79 Å². The van der Waals surface area contributed by atoms with Crippen molar-refractivity contribution >= 4 is 25.6 Å². The van der Waals surface area contributed by atoms with Crippen molar-refractivity contribution in [3.8, 4) is 0 Å². The molecule has 0 spiro atoms. The van der Waals surface area contributed by atoms with E-state index in [1.807, 2.05) is 0 Å². The van der Waals surface area contributed by atoms with Crippen molar-refractivity contribution < 1.29 is 13.2 Å². The summed E-state index contributed by atoms with van der Waals surface area (Å²) in [5, 5.41) is 2.95. The molecule has 1 amide bonds. The van der Waals surface area contributed by atoms with E-state index in [2.05, 4.69) is 12.2 Å². The standard InChI is InChI=1S/C15H20ClNO3S/c1-4-5-11-7-13(11)17-15(18)12-6-9(2)10(3)14(8-12)21(16,19)20/h6,8,11,13H,4-5,7H2,1-3H3,(H,17,18). The minimum Gasteiger partial charge on any atom is -0.349 e. The molecule has 0 radical (unpaired) electrons. The number of benzene rings is 1. The fourth-order valence-electron chi connectivity index (χ4n) is 2.58. The molecular formula is C15H20ClNO3S. The molecule has 0 aliphatic heterocycles. The number of hydrogen-bond acceptors (Lipinski definition) is 3. The Balaban J connectivity index is 2.21. The van der Waals surface area contributed by atoms with E-state index in [4.69, 9.17) is 10.7 Å². The highest BCUT2D eigenvalue weighted by Gasteiger charge is 2.37. The Labute approximate surface area is 130 Å². The number of aryl methyl sites for hydroxylation is 1. The van der Waals surface area contributed by atoms with Gasteiger partial charge in [-0.25, -0.2) is 8.42 Å². The lowest BCUT2D eigenvalue weighted by Gasteiger charge is -2.10. The Morgan fingerprint density at radius 3 is 2.62 bits per heavy atom. The van der Waals surface area contributed by atoms with Gasteiger partial charge in [0.1, 0.15) is 0 Å². The van der Waals surface area contributed by atoms with Crippen molar-refractivity contribution in [3.05, 3.63) is 28.8 Å². The van der Waals surface area contributed by atoms with Crippen molar-refractivity contribution in [3.63, 3.8) is 0 Å². The van der Waals surface area contributed by atoms with Gasteiger partial charge in [0, 0.05) is 22.3 Å². The van der Waals surface area contributed by atoms with Crippen LogP contribution in [0.1, 0.15) is 47.7 Å². The van der Waals surface area contributed by atoms with Crippen LogP contribution in [0.25, 0.3) is 0 Å². The second kappa shape index (κ2) is 5.97. The quantitative estimate of drug-likeness (QED) is 0.844. The van der Waals surface area contributed by atoms with Crippen LogP contribution in [0.2, 0.25) is 0 Å². The second-order valence-corrected chi connectivity index (χ2v) is 8.25. The van der Waals surface area contributed by atoms with Gasteiger partial charge < -0.3 is 5.32 Å². The first-order valence-corrected chi connectivity index (χ1v) is 9.41. The summed E-state index contributed by atoms with van der Waals surface area (Å²) in [6.07, 6.45) is 3.22. The molecule has 1 N–H and O–H groups in total. The molecule has 2 unspecified atom stereocenters. The Kier molecular flexibility index (Phi) is 4.63. The Bertz CT molecular complexity index is 670. The largest absolute Gasteiger partial charge is 0.349 e. The third-order valence-corrected chi connectivity index (χ3v) is 5.49. The van der Waals surface area contributed by atoms with Crippen molar-refractivity contribution in [2.45, 2.75) is 51.0 Å². The highest BCUT2D eigenvalue weighted by molar-refractivity contribution is 8.13. The second-order valence-electron chi connectivity index (χ2n) is 5.72. The van der Waals surface area contributed by atoms with Crippen LogP contribution in [0.3, 0.4) is 0 Å². The zero-order valence-corrected chi connectivity index (χ0v) is 14.0. The third-order valence-electron chi connectivity index (χ3n) is 4.04. The van der Waals surface area contributed by atoms with E-state index in [0.717, 1.165) is 24.8 Å². The summed E-state index contributed by atoms with van der Waals surface area (Å²) in [6.45, 7) is 5.58. The number of nitrogens with one attached hydrogen (secondary N) is 1. The summed E-state index contributed by atoms with van der Waals surface area (Å²) in [6, 6.07) is 3.28. The zero-order valence-electron chi connectivity index (χ0n) is 12.4. The predicted octanol–water partition coefficient (Wildman–Crippen LogP) is 3.15. The normalized spacial score (nSPS) is 21.1. The van der Waals surface area contributed by atoms with E-state index >= 15 is 0 Å². The maximum atomic E-state index is 12.2. The van der Waals surface area contributed by atoms with Gasteiger partial charge in [-0.1, -0.05) is 13.3 Å². The van der Waals surface area contributed by atoms with Gasteiger partial charge in [0.15, 0.2) is 0 Å². The van der Waals surface area contributed by atoms with Crippen LogP contribution in [0.4, 0.5) is 0 Å². The van der Waals surface area contributed by atoms with Gasteiger partial charge in [-0.15, -0.1) is 0 Å². The zero-order chi connectivity index (χ0) is 15.8. The molecule has 1 saturated carbocycles. The lowest BCUT2D eigenvalue weighted by molar-refractivity contribution is 0.0948. The van der Waals surface area contributed by atoms with Crippen molar-refractivity contribution in [2.24, 2.45) is 5.92 Å². The predicted molar refractivity (Wildman–Crippen MR) is 83.2 cm³/mol. The third kappa shape index (κ3) is 3.77. The maximum absolute atomic E-state index is 12.2. The smallest absolute Gasteiger partial charge is 0.261 e. The van der Waals surface area contributed by atoms with Crippen LogP contribution in [0.5, 0.6) is 0 Å². The summed E-state index contributed by atoms with van der Waals surface area (Å²) >= 11 is 0. The Morgan fingerprint density at radius 1 is 1.38 bits per heavy atom. The number of halogens is 1. The van der Waals surface area contributed by atoms with Crippen LogP contribution in [-0.2, 0) is 9.05 Å². The van der Waals surface area contributed by atoms with Gasteiger partial charge in [0.25, 0.3) is 15.0 Å². The lowest BCUT2D eigenvalue weighted by Crippen LogP contribution is -2.27. The summed E-state index contributed by atoms with van der Waals surface area (Å²) in [4.78, 5) is 12.2. The Morgan fingerprint density at radius 2 is 2.05 bits per heavy atom. The Hall–Kier alpha value is -1.07. The highest BCUT2D eigenvalue weighted by atomic mass is 35.7. The van der Waals surface area contributed by atoms with Crippen molar-refractivity contribution in [1.82, 2.24) is 5.32 Å². The monoisotopic (exact) mass is 329 g/mol. The first-order chi connectivity index (χ1) is 9.74. The molecule has 0 heterocycles. The molecule has 2 atom stereocenters. The minimum absolute atomic E-state index is 0.00946. The molecule has 1 fully saturated rings. The van der Waals surface area contributed by atoms with Gasteiger partial charge >= 0.3 is 0 Å². The van der Waals surface area contributed by atoms with E-state index < -0.39 is 9.05 Å². The van der Waals surface area contributed by atoms with E-state index in [1.54, 1.807) is 19.9 Å².